The SMILES string of the molecule is CCCCCCCCCCCC(CCCCNC(=O)c1[c]nccc1)[N+](=O)[O-]. The van der Waals surface area contributed by atoms with Crippen LogP contribution in [0.5, 0.6) is 0 Å². The molecule has 1 radical (unpaired) electrons. The third-order valence-corrected chi connectivity index (χ3v) is 5.04. The molecule has 28 heavy (non-hydrogen) atoms. The lowest BCUT2D eigenvalue weighted by atomic mass is 10.0. The summed E-state index contributed by atoms with van der Waals surface area (Å²) in [5.74, 6) is -0.200. The van der Waals surface area contributed by atoms with Gasteiger partial charge in [0.1, 0.15) is 6.20 Å². The molecular formula is C22H36N3O3. The van der Waals surface area contributed by atoms with E-state index in [1.807, 2.05) is 0 Å². The minimum absolute atomic E-state index is 0.131. The van der Waals surface area contributed by atoms with Crippen LogP contribution in [-0.2, 0) is 0 Å². The molecule has 1 aromatic rings. The van der Waals surface area contributed by atoms with Gasteiger partial charge in [-0.1, -0.05) is 58.3 Å². The molecule has 157 valence electrons. The quantitative estimate of drug-likeness (QED) is 0.221. The summed E-state index contributed by atoms with van der Waals surface area (Å²) < 4.78 is 0. The number of nitrogens with one attached hydrogen (secondary N) is 1. The van der Waals surface area contributed by atoms with Gasteiger partial charge in [-0.15, -0.1) is 0 Å². The lowest BCUT2D eigenvalue weighted by Gasteiger charge is -2.10. The highest BCUT2D eigenvalue weighted by Crippen LogP contribution is 2.15. The molecule has 1 rings (SSSR count). The second kappa shape index (κ2) is 16.0. The van der Waals surface area contributed by atoms with Gasteiger partial charge in [0.2, 0.25) is 6.04 Å². The Bertz CT molecular complexity index is 537. The Morgan fingerprint density at radius 1 is 1.07 bits per heavy atom. The van der Waals surface area contributed by atoms with E-state index in [0.717, 1.165) is 25.7 Å². The number of carbonyl (C=O) groups is 1. The minimum atomic E-state index is -0.452. The van der Waals surface area contributed by atoms with Crippen LogP contribution >= 0.6 is 0 Å². The zero-order chi connectivity index (χ0) is 20.5. The van der Waals surface area contributed by atoms with E-state index in [0.29, 0.717) is 24.9 Å². The number of carbonyl (C=O) groups excluding carboxylic acids is 1. The van der Waals surface area contributed by atoms with Crippen LogP contribution in [0.3, 0.4) is 0 Å². The van der Waals surface area contributed by atoms with Gasteiger partial charge in [0.25, 0.3) is 5.91 Å². The zero-order valence-corrected chi connectivity index (χ0v) is 17.3. The molecule has 0 bridgehead atoms. The molecule has 1 N–H and O–H groups in total. The number of nitro groups is 1. The van der Waals surface area contributed by atoms with E-state index < -0.39 is 6.04 Å². The monoisotopic (exact) mass is 390 g/mol. The number of amides is 1. The van der Waals surface area contributed by atoms with Gasteiger partial charge in [0, 0.05) is 30.5 Å². The first kappa shape index (κ1) is 24.1. The Morgan fingerprint density at radius 3 is 2.25 bits per heavy atom. The van der Waals surface area contributed by atoms with Crippen LogP contribution in [0.15, 0.2) is 18.3 Å². The Kier molecular flexibility index (Phi) is 13.8. The lowest BCUT2D eigenvalue weighted by Crippen LogP contribution is -2.25. The molecule has 1 amide bonds. The number of hydrogen-bond donors (Lipinski definition) is 1. The first-order chi connectivity index (χ1) is 13.6. The summed E-state index contributed by atoms with van der Waals surface area (Å²) in [6, 6.07) is 2.91. The van der Waals surface area contributed by atoms with Crippen molar-refractivity contribution in [1.82, 2.24) is 10.3 Å². The van der Waals surface area contributed by atoms with Gasteiger partial charge in [-0.25, -0.2) is 0 Å². The van der Waals surface area contributed by atoms with Gasteiger partial charge in [-0.05, 0) is 31.4 Å². The van der Waals surface area contributed by atoms with Crippen molar-refractivity contribution in [2.75, 3.05) is 6.54 Å². The first-order valence-corrected chi connectivity index (χ1v) is 10.9. The molecule has 1 unspecified atom stereocenters. The number of rotatable bonds is 17. The Hall–Kier alpha value is -1.98. The van der Waals surface area contributed by atoms with Gasteiger partial charge in [-0.2, -0.15) is 0 Å². The highest BCUT2D eigenvalue weighted by atomic mass is 16.6. The maximum atomic E-state index is 11.9. The molecule has 1 aromatic heterocycles. The highest BCUT2D eigenvalue weighted by molar-refractivity contribution is 5.93. The van der Waals surface area contributed by atoms with Crippen molar-refractivity contribution in [3.8, 4) is 0 Å². The van der Waals surface area contributed by atoms with Crippen LogP contribution in [0, 0.1) is 16.3 Å². The number of nitrogens with zero attached hydrogens (tertiary/aromatic N) is 2. The van der Waals surface area contributed by atoms with E-state index in [9.17, 15) is 14.9 Å². The summed E-state index contributed by atoms with van der Waals surface area (Å²) in [6.45, 7) is 2.74. The van der Waals surface area contributed by atoms with E-state index in [4.69, 9.17) is 0 Å². The lowest BCUT2D eigenvalue weighted by molar-refractivity contribution is -0.524. The summed E-state index contributed by atoms with van der Waals surface area (Å²) in [5.41, 5.74) is 0.413. The van der Waals surface area contributed by atoms with Crippen molar-refractivity contribution in [2.45, 2.75) is 96.4 Å². The average molecular weight is 391 g/mol. The van der Waals surface area contributed by atoms with Gasteiger partial charge in [0.05, 0.1) is 5.56 Å². The maximum absolute atomic E-state index is 11.9. The van der Waals surface area contributed by atoms with Crippen LogP contribution in [0.1, 0.15) is 101 Å². The molecule has 0 fully saturated rings. The largest absolute Gasteiger partial charge is 0.352 e. The second-order valence-electron chi connectivity index (χ2n) is 7.47. The fraction of sp³-hybridized carbons (Fsp3) is 0.727. The van der Waals surface area contributed by atoms with Gasteiger partial charge < -0.3 is 5.32 Å². The van der Waals surface area contributed by atoms with Crippen molar-refractivity contribution in [3.05, 3.63) is 40.2 Å². The van der Waals surface area contributed by atoms with E-state index in [1.165, 1.54) is 44.9 Å². The minimum Gasteiger partial charge on any atom is -0.352 e. The summed E-state index contributed by atoms with van der Waals surface area (Å²) >= 11 is 0. The third-order valence-electron chi connectivity index (χ3n) is 5.04. The van der Waals surface area contributed by atoms with E-state index in [2.05, 4.69) is 23.4 Å². The van der Waals surface area contributed by atoms with Crippen LogP contribution in [0.2, 0.25) is 0 Å². The van der Waals surface area contributed by atoms with Crippen molar-refractivity contribution in [3.63, 3.8) is 0 Å². The predicted molar refractivity (Wildman–Crippen MR) is 112 cm³/mol. The third kappa shape index (κ3) is 11.7. The van der Waals surface area contributed by atoms with Crippen LogP contribution < -0.4 is 5.32 Å². The zero-order valence-electron chi connectivity index (χ0n) is 17.3. The summed E-state index contributed by atoms with van der Waals surface area (Å²) in [6.07, 6.45) is 18.0. The number of pyridine rings is 1. The van der Waals surface area contributed by atoms with E-state index >= 15 is 0 Å². The summed E-state index contributed by atoms with van der Waals surface area (Å²) in [7, 11) is 0. The van der Waals surface area contributed by atoms with E-state index in [-0.39, 0.29) is 10.8 Å². The van der Waals surface area contributed by atoms with Crippen molar-refractivity contribution >= 4 is 5.91 Å². The van der Waals surface area contributed by atoms with Crippen LogP contribution in [0.25, 0.3) is 0 Å². The number of unbranched alkanes of at least 4 members (excludes halogenated alkanes) is 9. The standard InChI is InChI=1S/C22H36N3O3/c1-2-3-4-5-6-7-8-9-10-15-21(25(27)28)16-11-12-18-24-22(26)20-14-13-17-23-19-20/h13-14,17,21H,2-12,15-16,18H2,1H3,(H,24,26). The van der Waals surface area contributed by atoms with Crippen LogP contribution in [0.4, 0.5) is 0 Å². The van der Waals surface area contributed by atoms with Crippen LogP contribution in [-0.4, -0.2) is 28.4 Å². The molecule has 0 saturated heterocycles. The number of hydrogen-bond acceptors (Lipinski definition) is 4. The fourth-order valence-corrected chi connectivity index (χ4v) is 3.30. The molecule has 6 nitrogen and oxygen atoms in total. The van der Waals surface area contributed by atoms with Gasteiger partial charge in [0.15, 0.2) is 0 Å². The molecule has 0 aliphatic rings. The Labute approximate surface area is 169 Å². The average Bonchev–Trinajstić information content (AvgIpc) is 2.71. The molecule has 0 aliphatic carbocycles. The van der Waals surface area contributed by atoms with E-state index in [1.54, 1.807) is 18.3 Å². The highest BCUT2D eigenvalue weighted by Gasteiger charge is 2.18. The number of aromatic nitrogens is 1. The Morgan fingerprint density at radius 2 is 1.68 bits per heavy atom. The topological polar surface area (TPSA) is 85.1 Å². The first-order valence-electron chi connectivity index (χ1n) is 10.9. The van der Waals surface area contributed by atoms with Gasteiger partial charge in [-0.3, -0.25) is 19.9 Å². The molecule has 6 heteroatoms. The van der Waals surface area contributed by atoms with Crippen molar-refractivity contribution in [2.24, 2.45) is 0 Å². The molecule has 0 spiro atoms. The summed E-state index contributed by atoms with van der Waals surface area (Å²) in [5, 5.41) is 14.1. The maximum Gasteiger partial charge on any atom is 0.253 e. The molecule has 0 aliphatic heterocycles. The van der Waals surface area contributed by atoms with Gasteiger partial charge >= 0.3 is 0 Å². The smallest absolute Gasteiger partial charge is 0.253 e. The molecule has 0 saturated carbocycles. The molecule has 0 aromatic carbocycles. The molecular weight excluding hydrogens is 354 g/mol. The molecule has 1 heterocycles. The fourth-order valence-electron chi connectivity index (χ4n) is 3.30. The second-order valence-corrected chi connectivity index (χ2v) is 7.47. The normalized spacial score (nSPS) is 11.9. The predicted octanol–water partition coefficient (Wildman–Crippen LogP) is 5.35. The summed E-state index contributed by atoms with van der Waals surface area (Å²) in [4.78, 5) is 26.8. The molecule has 1 atom stereocenters. The van der Waals surface area contributed by atoms with Crippen molar-refractivity contribution < 1.29 is 9.72 Å². The Balaban J connectivity index is 2.05. The van der Waals surface area contributed by atoms with Crippen molar-refractivity contribution in [1.29, 1.82) is 0 Å².